The van der Waals surface area contributed by atoms with Crippen LogP contribution in [0.25, 0.3) is 10.9 Å². The van der Waals surface area contributed by atoms with Crippen molar-refractivity contribution in [2.75, 3.05) is 59.0 Å². The average Bonchev–Trinajstić information content (AvgIpc) is 3.39. The van der Waals surface area contributed by atoms with Crippen molar-refractivity contribution in [3.8, 4) is 6.07 Å². The lowest BCUT2D eigenvalue weighted by Gasteiger charge is -2.43. The maximum Gasteiger partial charge on any atom is 0.320 e. The van der Waals surface area contributed by atoms with Gasteiger partial charge in [0.25, 0.3) is 16.1 Å². The fraction of sp³-hybridized carbons (Fsp3) is 0.542. The van der Waals surface area contributed by atoms with Crippen molar-refractivity contribution in [3.63, 3.8) is 0 Å². The highest BCUT2D eigenvalue weighted by molar-refractivity contribution is 7.86. The van der Waals surface area contributed by atoms with E-state index in [1.54, 1.807) is 16.4 Å². The zero-order valence-corrected chi connectivity index (χ0v) is 21.7. The molecule has 3 fully saturated rings. The summed E-state index contributed by atoms with van der Waals surface area (Å²) in [6, 6.07) is 6.10. The first-order valence-electron chi connectivity index (χ1n) is 12.7. The standard InChI is InChI=1S/C24H31N7O6S/c25-14-17-1-2-21-19(13-17)20(15-26-21)18-3-5-30(6-4-18)38(35,36)31-8-7-29(16-22(31)23(32)27-34)24(33)28-9-11-37-12-10-28/h1-2,13,15,18,22,26,34H,3-12,16H2,(H,27,32)/t22-/m1/s1. The highest BCUT2D eigenvalue weighted by atomic mass is 32.2. The number of fused-ring (bicyclic) bond motifs is 1. The molecule has 0 bridgehead atoms. The van der Waals surface area contributed by atoms with Crippen molar-refractivity contribution < 1.29 is 28.0 Å². The molecule has 2 aromatic rings. The third-order valence-electron chi connectivity index (χ3n) is 7.66. The van der Waals surface area contributed by atoms with E-state index >= 15 is 0 Å². The lowest BCUT2D eigenvalue weighted by Crippen LogP contribution is -2.65. The number of aromatic nitrogens is 1. The Labute approximate surface area is 220 Å². The molecule has 0 spiro atoms. The molecule has 3 amide bonds. The molecule has 5 rings (SSSR count). The summed E-state index contributed by atoms with van der Waals surface area (Å²) < 4.78 is 35.1. The summed E-state index contributed by atoms with van der Waals surface area (Å²) in [7, 11) is -4.04. The predicted octanol–water partition coefficient (Wildman–Crippen LogP) is 0.408. The van der Waals surface area contributed by atoms with Gasteiger partial charge in [-0.1, -0.05) is 0 Å². The first kappa shape index (κ1) is 26.4. The molecule has 0 unspecified atom stereocenters. The van der Waals surface area contributed by atoms with Crippen molar-refractivity contribution in [2.24, 2.45) is 0 Å². The van der Waals surface area contributed by atoms with Gasteiger partial charge in [-0.25, -0.2) is 10.3 Å². The smallest absolute Gasteiger partial charge is 0.320 e. The molecule has 38 heavy (non-hydrogen) atoms. The normalized spacial score (nSPS) is 22.4. The van der Waals surface area contributed by atoms with E-state index in [-0.39, 0.29) is 44.7 Å². The first-order valence-corrected chi connectivity index (χ1v) is 14.1. The maximum absolute atomic E-state index is 13.7. The van der Waals surface area contributed by atoms with E-state index in [2.05, 4.69) is 11.1 Å². The fourth-order valence-corrected chi connectivity index (χ4v) is 7.32. The van der Waals surface area contributed by atoms with Crippen LogP contribution >= 0.6 is 0 Å². The van der Waals surface area contributed by atoms with Crippen molar-refractivity contribution in [1.29, 1.82) is 5.26 Å². The minimum atomic E-state index is -4.04. The number of nitriles is 1. The molecule has 0 saturated carbocycles. The molecular formula is C24H31N7O6S. The Morgan fingerprint density at radius 3 is 2.50 bits per heavy atom. The summed E-state index contributed by atoms with van der Waals surface area (Å²) in [5.74, 6) is -0.765. The maximum atomic E-state index is 13.7. The van der Waals surface area contributed by atoms with Crippen molar-refractivity contribution in [3.05, 3.63) is 35.5 Å². The van der Waals surface area contributed by atoms with Crippen LogP contribution in [-0.4, -0.2) is 114 Å². The zero-order chi connectivity index (χ0) is 26.9. The Balaban J connectivity index is 1.28. The largest absolute Gasteiger partial charge is 0.378 e. The summed E-state index contributed by atoms with van der Waals surface area (Å²) in [4.78, 5) is 31.8. The van der Waals surface area contributed by atoms with E-state index in [0.717, 1.165) is 20.8 Å². The lowest BCUT2D eigenvalue weighted by molar-refractivity contribution is -0.134. The molecule has 3 aliphatic heterocycles. The first-order chi connectivity index (χ1) is 18.3. The van der Waals surface area contributed by atoms with E-state index < -0.39 is 22.2 Å². The topological polar surface area (TPSA) is 162 Å². The molecule has 1 aromatic carbocycles. The predicted molar refractivity (Wildman–Crippen MR) is 135 cm³/mol. The molecule has 0 radical (unpaired) electrons. The van der Waals surface area contributed by atoms with Gasteiger partial charge < -0.3 is 19.5 Å². The van der Waals surface area contributed by atoms with Crippen LogP contribution in [0.5, 0.6) is 0 Å². The number of urea groups is 1. The quantitative estimate of drug-likeness (QED) is 0.370. The van der Waals surface area contributed by atoms with Crippen LogP contribution in [0.15, 0.2) is 24.4 Å². The van der Waals surface area contributed by atoms with Gasteiger partial charge in [0.2, 0.25) is 0 Å². The zero-order valence-electron chi connectivity index (χ0n) is 20.9. The third-order valence-corrected chi connectivity index (χ3v) is 9.70. The Morgan fingerprint density at radius 2 is 1.82 bits per heavy atom. The number of nitrogens with one attached hydrogen (secondary N) is 2. The second-order valence-corrected chi connectivity index (χ2v) is 11.6. The van der Waals surface area contributed by atoms with Gasteiger partial charge in [0.1, 0.15) is 6.04 Å². The fourth-order valence-electron chi connectivity index (χ4n) is 5.55. The van der Waals surface area contributed by atoms with E-state index in [9.17, 15) is 28.5 Å². The number of carbonyl (C=O) groups excluding carboxylic acids is 2. The number of carbonyl (C=O) groups is 2. The molecule has 204 valence electrons. The molecular weight excluding hydrogens is 514 g/mol. The van der Waals surface area contributed by atoms with Gasteiger partial charge in [-0.15, -0.1) is 0 Å². The number of piperazine rings is 1. The van der Waals surface area contributed by atoms with E-state index in [4.69, 9.17) is 4.74 Å². The Morgan fingerprint density at radius 1 is 1.08 bits per heavy atom. The van der Waals surface area contributed by atoms with Gasteiger partial charge in [0.15, 0.2) is 0 Å². The van der Waals surface area contributed by atoms with Crippen LogP contribution in [0.1, 0.15) is 29.9 Å². The van der Waals surface area contributed by atoms with Crippen molar-refractivity contribution >= 4 is 33.1 Å². The minimum Gasteiger partial charge on any atom is -0.378 e. The summed E-state index contributed by atoms with van der Waals surface area (Å²) in [5.41, 5.74) is 4.12. The van der Waals surface area contributed by atoms with Gasteiger partial charge in [-0.2, -0.15) is 22.3 Å². The second-order valence-electron chi connectivity index (χ2n) is 9.73. The summed E-state index contributed by atoms with van der Waals surface area (Å²) in [6.45, 7) is 2.15. The second kappa shape index (κ2) is 10.9. The number of aromatic amines is 1. The van der Waals surface area contributed by atoms with Crippen LogP contribution < -0.4 is 5.48 Å². The molecule has 4 heterocycles. The number of hydrogen-bond donors (Lipinski definition) is 3. The van der Waals surface area contributed by atoms with Gasteiger partial charge in [-0.3, -0.25) is 10.0 Å². The number of benzene rings is 1. The van der Waals surface area contributed by atoms with Crippen LogP contribution in [0, 0.1) is 11.3 Å². The van der Waals surface area contributed by atoms with Crippen molar-refractivity contribution in [2.45, 2.75) is 24.8 Å². The minimum absolute atomic E-state index is 0.0597. The number of hydroxylamine groups is 1. The van der Waals surface area contributed by atoms with Crippen LogP contribution in [0.4, 0.5) is 4.79 Å². The van der Waals surface area contributed by atoms with E-state index in [0.29, 0.717) is 44.7 Å². The monoisotopic (exact) mass is 545 g/mol. The molecule has 14 heteroatoms. The van der Waals surface area contributed by atoms with Crippen LogP contribution in [0.3, 0.4) is 0 Å². The summed E-state index contributed by atoms with van der Waals surface area (Å²) in [5, 5.41) is 19.6. The SMILES string of the molecule is N#Cc1ccc2[nH]cc(C3CCN(S(=O)(=O)N4CCN(C(=O)N5CCOCC5)C[C@@H]4C(=O)NO)CC3)c2c1. The molecule has 3 saturated heterocycles. The number of morpholine rings is 1. The number of hydrogen-bond acceptors (Lipinski definition) is 7. The van der Waals surface area contributed by atoms with Gasteiger partial charge in [0, 0.05) is 62.9 Å². The number of H-pyrrole nitrogens is 1. The Kier molecular flexibility index (Phi) is 7.55. The highest BCUT2D eigenvalue weighted by Crippen LogP contribution is 2.35. The summed E-state index contributed by atoms with van der Waals surface area (Å²) >= 11 is 0. The number of amides is 3. The summed E-state index contributed by atoms with van der Waals surface area (Å²) in [6.07, 6.45) is 3.08. The molecule has 1 aromatic heterocycles. The Hall–Kier alpha value is -3.22. The molecule has 0 aliphatic carbocycles. The van der Waals surface area contributed by atoms with E-state index in [1.165, 1.54) is 9.21 Å². The molecule has 3 aliphatic rings. The van der Waals surface area contributed by atoms with Crippen LogP contribution in [-0.2, 0) is 19.7 Å². The van der Waals surface area contributed by atoms with E-state index in [1.807, 2.05) is 18.3 Å². The highest BCUT2D eigenvalue weighted by Gasteiger charge is 2.44. The lowest BCUT2D eigenvalue weighted by atomic mass is 9.90. The number of piperidine rings is 1. The third kappa shape index (κ3) is 4.95. The molecule has 3 N–H and O–H groups in total. The molecule has 13 nitrogen and oxygen atoms in total. The van der Waals surface area contributed by atoms with Crippen molar-refractivity contribution in [1.82, 2.24) is 28.9 Å². The van der Waals surface area contributed by atoms with Gasteiger partial charge in [0.05, 0.1) is 24.8 Å². The van der Waals surface area contributed by atoms with Gasteiger partial charge in [-0.05, 0) is 42.5 Å². The van der Waals surface area contributed by atoms with Crippen LogP contribution in [0.2, 0.25) is 0 Å². The van der Waals surface area contributed by atoms with Gasteiger partial charge >= 0.3 is 6.03 Å². The molecule has 1 atom stereocenters. The number of rotatable bonds is 4. The average molecular weight is 546 g/mol. The number of nitrogens with zero attached hydrogens (tertiary/aromatic N) is 5. The number of ether oxygens (including phenoxy) is 1. The Bertz CT molecular complexity index is 1340.